The molecule has 0 N–H and O–H groups in total. The van der Waals surface area contributed by atoms with Crippen molar-refractivity contribution in [2.75, 3.05) is 73.3 Å². The van der Waals surface area contributed by atoms with E-state index < -0.39 is 0 Å². The maximum Gasteiger partial charge on any atom is 0.310 e. The van der Waals surface area contributed by atoms with E-state index in [0.717, 1.165) is 57.8 Å². The van der Waals surface area contributed by atoms with Crippen molar-refractivity contribution in [1.82, 2.24) is 19.7 Å². The summed E-state index contributed by atoms with van der Waals surface area (Å²) < 4.78 is 27.6. The predicted molar refractivity (Wildman–Crippen MR) is 143 cm³/mol. The maximum atomic E-state index is 13.2. The van der Waals surface area contributed by atoms with Gasteiger partial charge in [-0.2, -0.15) is 0 Å². The Morgan fingerprint density at radius 1 is 1.13 bits per heavy atom. The van der Waals surface area contributed by atoms with Crippen LogP contribution in [-0.2, 0) is 27.4 Å². The lowest BCUT2D eigenvalue weighted by Crippen LogP contribution is -2.43. The van der Waals surface area contributed by atoms with E-state index >= 15 is 0 Å². The third kappa shape index (κ3) is 7.71. The van der Waals surface area contributed by atoms with E-state index in [2.05, 4.69) is 14.8 Å². The molecule has 2 aromatic rings. The monoisotopic (exact) mass is 544 g/mol. The number of rotatable bonds is 12. The van der Waals surface area contributed by atoms with Crippen LogP contribution in [0.15, 0.2) is 28.9 Å². The second kappa shape index (κ2) is 14.3. The molecule has 39 heavy (non-hydrogen) atoms. The molecule has 2 aliphatic rings. The zero-order valence-corrected chi connectivity index (χ0v) is 23.2. The van der Waals surface area contributed by atoms with Gasteiger partial charge in [-0.1, -0.05) is 12.1 Å². The Kier molecular flexibility index (Phi) is 10.6. The molecular formula is C28H40N4O7. The molecule has 1 atom stereocenters. The first kappa shape index (κ1) is 28.8. The molecule has 0 spiro atoms. The minimum atomic E-state index is -0.303. The lowest BCUT2D eigenvalue weighted by atomic mass is 9.98. The average Bonchev–Trinajstić information content (AvgIpc) is 3.44. The molecular weight excluding hydrogens is 504 g/mol. The lowest BCUT2D eigenvalue weighted by Gasteiger charge is -2.31. The number of para-hydroxylation sites is 1. The largest absolute Gasteiger partial charge is 0.493 e. The van der Waals surface area contributed by atoms with Gasteiger partial charge in [-0.3, -0.25) is 19.4 Å². The normalized spacial score (nSPS) is 18.3. The van der Waals surface area contributed by atoms with Crippen LogP contribution in [0.25, 0.3) is 0 Å². The zero-order valence-electron chi connectivity index (χ0n) is 23.2. The summed E-state index contributed by atoms with van der Waals surface area (Å²) in [5, 5.41) is 0. The van der Waals surface area contributed by atoms with Crippen molar-refractivity contribution >= 4 is 11.9 Å². The third-order valence-electron chi connectivity index (χ3n) is 7.17. The van der Waals surface area contributed by atoms with Gasteiger partial charge in [-0.15, -0.1) is 0 Å². The second-order valence-corrected chi connectivity index (χ2v) is 9.79. The number of oxazole rings is 1. The number of ether oxygens (including phenoxy) is 4. The summed E-state index contributed by atoms with van der Waals surface area (Å²) in [6, 6.07) is 5.84. The molecule has 0 bridgehead atoms. The van der Waals surface area contributed by atoms with Crippen molar-refractivity contribution in [2.24, 2.45) is 5.92 Å². The number of carbonyl (C=O) groups is 2. The molecule has 0 saturated carbocycles. The molecule has 214 valence electrons. The Labute approximate surface area is 229 Å². The van der Waals surface area contributed by atoms with Gasteiger partial charge >= 0.3 is 5.97 Å². The van der Waals surface area contributed by atoms with Crippen LogP contribution in [0.1, 0.15) is 41.7 Å². The first-order valence-corrected chi connectivity index (χ1v) is 13.6. The van der Waals surface area contributed by atoms with Crippen LogP contribution in [-0.4, -0.2) is 105 Å². The highest BCUT2D eigenvalue weighted by molar-refractivity contribution is 5.92. The fraction of sp³-hybridized carbons (Fsp3) is 0.607. The second-order valence-electron chi connectivity index (χ2n) is 9.79. The Morgan fingerprint density at radius 3 is 2.69 bits per heavy atom. The SMILES string of the molecule is CCOC(=O)[C@@H]1CCCN(C(=O)c2coc(CN(CCN3CCOCC3)Cc3cccc(OC)c3OC)n2)C1. The quantitative estimate of drug-likeness (QED) is 0.370. The number of hydrogen-bond donors (Lipinski definition) is 0. The first-order valence-electron chi connectivity index (χ1n) is 13.6. The number of nitrogens with zero attached hydrogens (tertiary/aromatic N) is 4. The van der Waals surface area contributed by atoms with E-state index in [1.807, 2.05) is 18.2 Å². The number of carbonyl (C=O) groups excluding carboxylic acids is 2. The minimum absolute atomic E-state index is 0.228. The highest BCUT2D eigenvalue weighted by Crippen LogP contribution is 2.32. The van der Waals surface area contributed by atoms with Crippen LogP contribution < -0.4 is 9.47 Å². The van der Waals surface area contributed by atoms with E-state index in [0.29, 0.717) is 50.2 Å². The topological polar surface area (TPSA) is 107 Å². The summed E-state index contributed by atoms with van der Waals surface area (Å²) in [5.41, 5.74) is 1.24. The number of likely N-dealkylation sites (tertiary alicyclic amines) is 1. The summed E-state index contributed by atoms with van der Waals surface area (Å²) in [6.07, 6.45) is 2.88. The van der Waals surface area contributed by atoms with Crippen molar-refractivity contribution < 1.29 is 33.0 Å². The third-order valence-corrected chi connectivity index (χ3v) is 7.17. The van der Waals surface area contributed by atoms with Crippen molar-refractivity contribution in [3.8, 4) is 11.5 Å². The summed E-state index contributed by atoms with van der Waals surface area (Å²) in [4.78, 5) is 36.2. The molecule has 11 nitrogen and oxygen atoms in total. The standard InChI is InChI=1S/C28H40N4O7/c1-4-38-28(34)22-8-6-10-32(18-22)27(33)23-20-39-25(29-23)19-31(12-11-30-13-15-37-16-14-30)17-21-7-5-9-24(35-2)26(21)36-3/h5,7,9,20,22H,4,6,8,10-19H2,1-3H3/t22-/m1/s1. The summed E-state index contributed by atoms with van der Waals surface area (Å²) in [7, 11) is 3.26. The van der Waals surface area contributed by atoms with Gasteiger partial charge in [-0.05, 0) is 25.8 Å². The molecule has 11 heteroatoms. The fourth-order valence-electron chi connectivity index (χ4n) is 5.09. The van der Waals surface area contributed by atoms with E-state index in [4.69, 9.17) is 23.4 Å². The molecule has 1 aromatic heterocycles. The number of morpholine rings is 1. The Balaban J connectivity index is 1.45. The Bertz CT molecular complexity index is 1090. The van der Waals surface area contributed by atoms with Crippen molar-refractivity contribution in [2.45, 2.75) is 32.9 Å². The summed E-state index contributed by atoms with van der Waals surface area (Å²) in [6.45, 7) is 8.95. The maximum absolute atomic E-state index is 13.2. The number of hydrogen-bond acceptors (Lipinski definition) is 10. The van der Waals surface area contributed by atoms with E-state index in [-0.39, 0.29) is 23.5 Å². The van der Waals surface area contributed by atoms with E-state index in [9.17, 15) is 9.59 Å². The van der Waals surface area contributed by atoms with Gasteiger partial charge < -0.3 is 28.3 Å². The molecule has 2 aliphatic heterocycles. The zero-order chi connectivity index (χ0) is 27.6. The molecule has 0 radical (unpaired) electrons. The highest BCUT2D eigenvalue weighted by Gasteiger charge is 2.31. The number of amides is 1. The molecule has 1 amide bonds. The van der Waals surface area contributed by atoms with Crippen LogP contribution in [0.3, 0.4) is 0 Å². The van der Waals surface area contributed by atoms with Crippen molar-refractivity contribution in [1.29, 1.82) is 0 Å². The Morgan fingerprint density at radius 2 is 1.95 bits per heavy atom. The van der Waals surface area contributed by atoms with Crippen LogP contribution in [0, 0.1) is 5.92 Å². The van der Waals surface area contributed by atoms with Crippen molar-refractivity contribution in [3.63, 3.8) is 0 Å². The highest BCUT2D eigenvalue weighted by atomic mass is 16.5. The van der Waals surface area contributed by atoms with Gasteiger partial charge in [0.15, 0.2) is 17.2 Å². The molecule has 1 aromatic carbocycles. The van der Waals surface area contributed by atoms with E-state index in [1.54, 1.807) is 26.0 Å². The Hall–Kier alpha value is -3.15. The summed E-state index contributed by atoms with van der Waals surface area (Å²) in [5.74, 6) is 1.05. The van der Waals surface area contributed by atoms with E-state index in [1.165, 1.54) is 6.26 Å². The predicted octanol–water partition coefficient (Wildman–Crippen LogP) is 2.44. The minimum Gasteiger partial charge on any atom is -0.493 e. The molecule has 4 rings (SSSR count). The molecule has 2 fully saturated rings. The number of benzene rings is 1. The van der Waals surface area contributed by atoms with Gasteiger partial charge in [0, 0.05) is 51.4 Å². The van der Waals surface area contributed by atoms with Crippen LogP contribution >= 0.6 is 0 Å². The molecule has 0 unspecified atom stereocenters. The van der Waals surface area contributed by atoms with Crippen molar-refractivity contribution in [3.05, 3.63) is 41.6 Å². The fourth-order valence-corrected chi connectivity index (χ4v) is 5.09. The van der Waals surface area contributed by atoms with Crippen LogP contribution in [0.4, 0.5) is 0 Å². The molecule has 0 aliphatic carbocycles. The van der Waals surface area contributed by atoms with Crippen LogP contribution in [0.5, 0.6) is 11.5 Å². The smallest absolute Gasteiger partial charge is 0.310 e. The average molecular weight is 545 g/mol. The van der Waals surface area contributed by atoms with Gasteiger partial charge in [0.2, 0.25) is 5.89 Å². The first-order chi connectivity index (χ1) is 19.0. The van der Waals surface area contributed by atoms with Gasteiger partial charge in [0.05, 0.1) is 46.5 Å². The number of esters is 1. The molecule has 3 heterocycles. The van der Waals surface area contributed by atoms with Gasteiger partial charge in [0.1, 0.15) is 6.26 Å². The summed E-state index contributed by atoms with van der Waals surface area (Å²) >= 11 is 0. The number of aromatic nitrogens is 1. The van der Waals surface area contributed by atoms with Crippen LogP contribution in [0.2, 0.25) is 0 Å². The lowest BCUT2D eigenvalue weighted by molar-refractivity contribution is -0.149. The number of piperidine rings is 1. The van der Waals surface area contributed by atoms with Gasteiger partial charge in [0.25, 0.3) is 5.91 Å². The number of methoxy groups -OCH3 is 2. The van der Waals surface area contributed by atoms with Gasteiger partial charge in [-0.25, -0.2) is 4.98 Å². The molecule has 2 saturated heterocycles.